The van der Waals surface area contributed by atoms with E-state index in [0.717, 1.165) is 11.5 Å². The van der Waals surface area contributed by atoms with Crippen LogP contribution in [0.3, 0.4) is 0 Å². The van der Waals surface area contributed by atoms with Crippen LogP contribution in [-0.2, 0) is 0 Å². The molecule has 0 aromatic heterocycles. The van der Waals surface area contributed by atoms with Crippen molar-refractivity contribution in [3.8, 4) is 11.5 Å². The topological polar surface area (TPSA) is 30.5 Å². The van der Waals surface area contributed by atoms with Crippen molar-refractivity contribution >= 4 is 0 Å². The first-order valence-electron chi connectivity index (χ1n) is 7.18. The van der Waals surface area contributed by atoms with Crippen molar-refractivity contribution in [2.45, 2.75) is 25.9 Å². The number of hydrogen-bond acceptors (Lipinski definition) is 3. The van der Waals surface area contributed by atoms with Crippen LogP contribution in [0.4, 0.5) is 0 Å². The zero-order chi connectivity index (χ0) is 15.2. The minimum absolute atomic E-state index is 0.271. The molecule has 0 aliphatic rings. The molecule has 2 aromatic rings. The Labute approximate surface area is 126 Å². The summed E-state index contributed by atoms with van der Waals surface area (Å²) in [7, 11) is 3.37. The molecule has 2 atom stereocenters. The lowest BCUT2D eigenvalue weighted by atomic mass is 10.0. The second-order valence-corrected chi connectivity index (χ2v) is 5.16. The highest BCUT2D eigenvalue weighted by atomic mass is 16.5. The van der Waals surface area contributed by atoms with Gasteiger partial charge < -0.3 is 14.8 Å². The van der Waals surface area contributed by atoms with Crippen molar-refractivity contribution in [3.63, 3.8) is 0 Å². The number of methoxy groups -OCH3 is 2. The Balaban J connectivity index is 2.01. The third-order valence-electron chi connectivity index (χ3n) is 3.73. The molecule has 0 spiro atoms. The summed E-state index contributed by atoms with van der Waals surface area (Å²) in [4.78, 5) is 0. The van der Waals surface area contributed by atoms with Crippen LogP contribution in [0.2, 0.25) is 0 Å². The van der Waals surface area contributed by atoms with Crippen LogP contribution in [0.25, 0.3) is 0 Å². The van der Waals surface area contributed by atoms with Gasteiger partial charge in [0.05, 0.1) is 14.2 Å². The van der Waals surface area contributed by atoms with Crippen LogP contribution in [0.15, 0.2) is 48.5 Å². The molecule has 112 valence electrons. The Kier molecular flexibility index (Phi) is 5.23. The monoisotopic (exact) mass is 285 g/mol. The summed E-state index contributed by atoms with van der Waals surface area (Å²) >= 11 is 0. The third-order valence-corrected chi connectivity index (χ3v) is 3.73. The van der Waals surface area contributed by atoms with Gasteiger partial charge >= 0.3 is 0 Å². The number of benzene rings is 2. The van der Waals surface area contributed by atoms with Crippen LogP contribution in [0.1, 0.15) is 37.1 Å². The maximum absolute atomic E-state index is 5.19. The van der Waals surface area contributed by atoms with Crippen LogP contribution in [-0.4, -0.2) is 14.2 Å². The summed E-state index contributed by atoms with van der Waals surface area (Å²) in [6.45, 7) is 4.34. The predicted molar refractivity (Wildman–Crippen MR) is 86.0 cm³/mol. The van der Waals surface area contributed by atoms with E-state index in [1.807, 2.05) is 24.3 Å². The SMILES string of the molecule is COc1ccc(C(C)NC(C)c2ccc(OC)cc2)cc1. The second-order valence-electron chi connectivity index (χ2n) is 5.16. The number of ether oxygens (including phenoxy) is 2. The van der Waals surface area contributed by atoms with Gasteiger partial charge in [-0.15, -0.1) is 0 Å². The quantitative estimate of drug-likeness (QED) is 0.866. The first-order chi connectivity index (χ1) is 10.1. The van der Waals surface area contributed by atoms with Gasteiger partial charge in [0.25, 0.3) is 0 Å². The van der Waals surface area contributed by atoms with Crippen LogP contribution in [0, 0.1) is 0 Å². The average Bonchev–Trinajstić information content (AvgIpc) is 2.55. The van der Waals surface area contributed by atoms with Gasteiger partial charge in [0.15, 0.2) is 0 Å². The summed E-state index contributed by atoms with van der Waals surface area (Å²) in [6.07, 6.45) is 0. The highest BCUT2D eigenvalue weighted by Crippen LogP contribution is 2.22. The van der Waals surface area contributed by atoms with Crippen molar-refractivity contribution in [1.29, 1.82) is 0 Å². The maximum Gasteiger partial charge on any atom is 0.118 e. The van der Waals surface area contributed by atoms with Crippen molar-refractivity contribution in [2.75, 3.05) is 14.2 Å². The Bertz CT molecular complexity index is 497. The Morgan fingerprint density at radius 1 is 0.667 bits per heavy atom. The summed E-state index contributed by atoms with van der Waals surface area (Å²) in [5, 5.41) is 3.61. The minimum atomic E-state index is 0.271. The summed E-state index contributed by atoms with van der Waals surface area (Å²) in [6, 6.07) is 16.9. The maximum atomic E-state index is 5.19. The lowest BCUT2D eigenvalue weighted by molar-refractivity contribution is 0.413. The van der Waals surface area contributed by atoms with E-state index in [1.54, 1.807) is 14.2 Å². The zero-order valence-corrected chi connectivity index (χ0v) is 13.1. The average molecular weight is 285 g/mol. The Morgan fingerprint density at radius 2 is 1.00 bits per heavy atom. The van der Waals surface area contributed by atoms with E-state index < -0.39 is 0 Å². The molecule has 0 fully saturated rings. The molecule has 0 aliphatic carbocycles. The van der Waals surface area contributed by atoms with Gasteiger partial charge in [-0.2, -0.15) is 0 Å². The van der Waals surface area contributed by atoms with Gasteiger partial charge in [0.2, 0.25) is 0 Å². The molecule has 0 saturated heterocycles. The Morgan fingerprint density at radius 3 is 1.29 bits per heavy atom. The number of rotatable bonds is 6. The van der Waals surface area contributed by atoms with Gasteiger partial charge in [-0.05, 0) is 49.2 Å². The highest BCUT2D eigenvalue weighted by molar-refractivity contribution is 5.31. The largest absolute Gasteiger partial charge is 0.497 e. The van der Waals surface area contributed by atoms with Gasteiger partial charge in [-0.1, -0.05) is 24.3 Å². The zero-order valence-electron chi connectivity index (χ0n) is 13.1. The smallest absolute Gasteiger partial charge is 0.118 e. The van der Waals surface area contributed by atoms with E-state index in [0.29, 0.717) is 0 Å². The third kappa shape index (κ3) is 3.99. The summed E-state index contributed by atoms with van der Waals surface area (Å²) in [5.41, 5.74) is 2.49. The second kappa shape index (κ2) is 7.14. The van der Waals surface area contributed by atoms with E-state index in [9.17, 15) is 0 Å². The predicted octanol–water partition coefficient (Wildman–Crippen LogP) is 4.12. The van der Waals surface area contributed by atoms with Crippen LogP contribution < -0.4 is 14.8 Å². The van der Waals surface area contributed by atoms with E-state index in [1.165, 1.54) is 11.1 Å². The van der Waals surface area contributed by atoms with Gasteiger partial charge in [-0.3, -0.25) is 0 Å². The van der Waals surface area contributed by atoms with E-state index in [4.69, 9.17) is 9.47 Å². The van der Waals surface area contributed by atoms with E-state index in [2.05, 4.69) is 43.4 Å². The fourth-order valence-corrected chi connectivity index (χ4v) is 2.35. The Hall–Kier alpha value is -2.00. The molecule has 0 amide bonds. The minimum Gasteiger partial charge on any atom is -0.497 e. The van der Waals surface area contributed by atoms with Crippen molar-refractivity contribution in [3.05, 3.63) is 59.7 Å². The van der Waals surface area contributed by atoms with Crippen molar-refractivity contribution in [1.82, 2.24) is 5.32 Å². The van der Waals surface area contributed by atoms with Crippen LogP contribution in [0.5, 0.6) is 11.5 Å². The molecule has 0 heterocycles. The molecule has 21 heavy (non-hydrogen) atoms. The standard InChI is InChI=1S/C18H23NO2/c1-13(15-5-9-17(20-3)10-6-15)19-14(2)16-7-11-18(21-4)12-8-16/h5-14,19H,1-4H3. The summed E-state index contributed by atoms with van der Waals surface area (Å²) < 4.78 is 10.4. The lowest BCUT2D eigenvalue weighted by Crippen LogP contribution is -2.22. The fraction of sp³-hybridized carbons (Fsp3) is 0.333. The lowest BCUT2D eigenvalue weighted by Gasteiger charge is -2.21. The van der Waals surface area contributed by atoms with Gasteiger partial charge in [-0.25, -0.2) is 0 Å². The van der Waals surface area contributed by atoms with Gasteiger partial charge in [0.1, 0.15) is 11.5 Å². The molecule has 3 heteroatoms. The number of hydrogen-bond donors (Lipinski definition) is 1. The first-order valence-corrected chi connectivity index (χ1v) is 7.18. The molecular weight excluding hydrogens is 262 g/mol. The molecule has 0 saturated carbocycles. The molecule has 2 rings (SSSR count). The molecule has 3 nitrogen and oxygen atoms in total. The van der Waals surface area contributed by atoms with Crippen molar-refractivity contribution in [2.24, 2.45) is 0 Å². The molecule has 2 unspecified atom stereocenters. The fourth-order valence-electron chi connectivity index (χ4n) is 2.35. The van der Waals surface area contributed by atoms with Crippen molar-refractivity contribution < 1.29 is 9.47 Å². The van der Waals surface area contributed by atoms with E-state index >= 15 is 0 Å². The van der Waals surface area contributed by atoms with Gasteiger partial charge in [0, 0.05) is 12.1 Å². The molecule has 2 aromatic carbocycles. The van der Waals surface area contributed by atoms with Crippen LogP contribution >= 0.6 is 0 Å². The summed E-state index contributed by atoms with van der Waals surface area (Å²) in [5.74, 6) is 1.77. The molecule has 0 bridgehead atoms. The molecule has 1 N–H and O–H groups in total. The normalized spacial score (nSPS) is 13.5. The number of nitrogens with one attached hydrogen (secondary N) is 1. The molecular formula is C18H23NO2. The molecule has 0 aliphatic heterocycles. The highest BCUT2D eigenvalue weighted by Gasteiger charge is 2.11. The molecule has 0 radical (unpaired) electrons. The first kappa shape index (κ1) is 15.4. The van der Waals surface area contributed by atoms with E-state index in [-0.39, 0.29) is 12.1 Å².